The second-order valence-corrected chi connectivity index (χ2v) is 14.3. The van der Waals surface area contributed by atoms with Gasteiger partial charge in [0.1, 0.15) is 10.6 Å². The van der Waals surface area contributed by atoms with Crippen molar-refractivity contribution in [2.24, 2.45) is 11.3 Å². The average Bonchev–Trinajstić information content (AvgIpc) is 3.44. The molecule has 1 saturated heterocycles. The van der Waals surface area contributed by atoms with Crippen molar-refractivity contribution in [2.45, 2.75) is 73.1 Å². The Bertz CT molecular complexity index is 1600. The molecule has 252 valence electrons. The van der Waals surface area contributed by atoms with Crippen LogP contribution in [0.3, 0.4) is 0 Å². The summed E-state index contributed by atoms with van der Waals surface area (Å²) in [6.07, 6.45) is -10.8. The Morgan fingerprint density at radius 3 is 2.02 bits per heavy atom. The molecule has 6 nitrogen and oxygen atoms in total. The number of rotatable bonds is 8. The Morgan fingerprint density at radius 1 is 0.978 bits per heavy atom. The van der Waals surface area contributed by atoms with Gasteiger partial charge in [0.05, 0.1) is 16.2 Å². The van der Waals surface area contributed by atoms with E-state index in [1.807, 2.05) is 0 Å². The Morgan fingerprint density at radius 2 is 1.54 bits per heavy atom. The van der Waals surface area contributed by atoms with Gasteiger partial charge in [0.25, 0.3) is 0 Å². The van der Waals surface area contributed by atoms with E-state index in [-0.39, 0.29) is 68.3 Å². The van der Waals surface area contributed by atoms with Crippen LogP contribution in [0.1, 0.15) is 55.2 Å². The topological polar surface area (TPSA) is 91.8 Å². The summed E-state index contributed by atoms with van der Waals surface area (Å²) in [5.41, 5.74) is -9.03. The first kappa shape index (κ1) is 35.4. The summed E-state index contributed by atoms with van der Waals surface area (Å²) in [5, 5.41) is 9.42. The third kappa shape index (κ3) is 5.68. The van der Waals surface area contributed by atoms with Crippen molar-refractivity contribution in [3.63, 3.8) is 0 Å². The summed E-state index contributed by atoms with van der Waals surface area (Å²) in [6.45, 7) is 4.21. The molecular formula is C31H31F8NO5S. The Hall–Kier alpha value is -3.49. The zero-order valence-electron chi connectivity index (χ0n) is 24.5. The predicted molar refractivity (Wildman–Crippen MR) is 149 cm³/mol. The van der Waals surface area contributed by atoms with E-state index < -0.39 is 78.6 Å². The number of hydrogen-bond acceptors (Lipinski definition) is 4. The summed E-state index contributed by atoms with van der Waals surface area (Å²) < 4.78 is 136. The minimum Gasteiger partial charge on any atom is -0.481 e. The van der Waals surface area contributed by atoms with Gasteiger partial charge in [-0.15, -0.1) is 6.58 Å². The molecule has 1 amide bonds. The molecule has 2 aliphatic rings. The minimum atomic E-state index is -6.39. The Kier molecular flexibility index (Phi) is 9.19. The number of carboxylic acids is 1. The van der Waals surface area contributed by atoms with Gasteiger partial charge in [0, 0.05) is 18.7 Å². The number of sulfone groups is 1. The number of aliphatic carboxylic acids is 1. The lowest BCUT2D eigenvalue weighted by Crippen LogP contribution is -2.50. The van der Waals surface area contributed by atoms with Gasteiger partial charge in [0.15, 0.2) is 9.84 Å². The van der Waals surface area contributed by atoms with Crippen molar-refractivity contribution in [3.05, 3.63) is 77.6 Å². The lowest BCUT2D eigenvalue weighted by atomic mass is 9.67. The van der Waals surface area contributed by atoms with Gasteiger partial charge in [0.2, 0.25) is 5.91 Å². The number of hydrogen-bond donors (Lipinski definition) is 1. The fourth-order valence-corrected chi connectivity index (χ4v) is 8.76. The molecule has 0 aromatic heterocycles. The maximum atomic E-state index is 14.8. The van der Waals surface area contributed by atoms with Crippen molar-refractivity contribution in [1.29, 1.82) is 0 Å². The van der Waals surface area contributed by atoms with Crippen LogP contribution in [0.4, 0.5) is 35.1 Å². The summed E-state index contributed by atoms with van der Waals surface area (Å²) >= 11 is 0. The number of nitrogens with zero attached hydrogens (tertiary/aromatic N) is 1. The first-order valence-electron chi connectivity index (χ1n) is 14.2. The van der Waals surface area contributed by atoms with E-state index in [1.54, 1.807) is 0 Å². The highest BCUT2D eigenvalue weighted by atomic mass is 32.2. The summed E-state index contributed by atoms with van der Waals surface area (Å²) in [5.74, 6) is -2.93. The standard InChI is InChI=1S/C31H31F8NO5S/c1-3-12-27(13-10-20(11-14-27)25(41)42)26(43)40-16-15-28(18-40,46(44,45)23-8-9-24(32)19(2)17-23)21-4-6-22(7-5-21)29(33,30(34,35)36)31(37,38)39/h3-9,17,20H,1,10-16,18H2,2H3,(H,41,42)/t20-,27-,28-/m0/s1. The van der Waals surface area contributed by atoms with Crippen LogP contribution < -0.4 is 0 Å². The minimum absolute atomic E-state index is 0.0600. The van der Waals surface area contributed by atoms with Crippen LogP contribution in [-0.2, 0) is 29.8 Å². The van der Waals surface area contributed by atoms with Crippen LogP contribution in [-0.4, -0.2) is 55.7 Å². The highest BCUT2D eigenvalue weighted by Crippen LogP contribution is 2.54. The molecule has 1 aliphatic heterocycles. The maximum absolute atomic E-state index is 14.8. The highest BCUT2D eigenvalue weighted by molar-refractivity contribution is 7.92. The SMILES string of the molecule is C=CC[C@]1(C(=O)N2CC[C@](c3ccc(C(F)(C(F)(F)F)C(F)(F)F)cc3)(S(=O)(=O)c3ccc(F)c(C)c3)C2)CC[C@H](C(=O)O)CC1. The normalized spacial score (nSPS) is 24.5. The summed E-state index contributed by atoms with van der Waals surface area (Å²) in [7, 11) is -4.64. The third-order valence-corrected chi connectivity index (χ3v) is 11.8. The van der Waals surface area contributed by atoms with Gasteiger partial charge in [-0.1, -0.05) is 30.3 Å². The van der Waals surface area contributed by atoms with Crippen LogP contribution >= 0.6 is 0 Å². The number of likely N-dealkylation sites (tertiary alicyclic amines) is 1. The molecule has 1 heterocycles. The molecule has 4 rings (SSSR count). The molecule has 1 aliphatic carbocycles. The molecule has 46 heavy (non-hydrogen) atoms. The number of halogens is 8. The lowest BCUT2D eigenvalue weighted by molar-refractivity contribution is -0.348. The van der Waals surface area contributed by atoms with Crippen molar-refractivity contribution in [3.8, 4) is 0 Å². The number of carboxylic acid groups (broad SMARTS) is 1. The number of carbonyl (C=O) groups excluding carboxylic acids is 1. The second-order valence-electron chi connectivity index (χ2n) is 12.0. The molecule has 2 aromatic carbocycles. The number of alkyl halides is 7. The van der Waals surface area contributed by atoms with Crippen molar-refractivity contribution >= 4 is 21.7 Å². The van der Waals surface area contributed by atoms with Crippen molar-refractivity contribution in [2.75, 3.05) is 13.1 Å². The van der Waals surface area contributed by atoms with Gasteiger partial charge in [-0.3, -0.25) is 9.59 Å². The molecule has 1 atom stereocenters. The third-order valence-electron chi connectivity index (χ3n) is 9.34. The molecule has 2 aromatic rings. The number of allylic oxidation sites excluding steroid dienone is 1. The Balaban J connectivity index is 1.82. The smallest absolute Gasteiger partial charge is 0.435 e. The van der Waals surface area contributed by atoms with E-state index in [2.05, 4.69) is 6.58 Å². The molecule has 0 bridgehead atoms. The van der Waals surface area contributed by atoms with E-state index in [0.29, 0.717) is 12.1 Å². The molecular weight excluding hydrogens is 650 g/mol. The van der Waals surface area contributed by atoms with E-state index in [1.165, 1.54) is 17.9 Å². The van der Waals surface area contributed by atoms with Gasteiger partial charge in [-0.2, -0.15) is 26.3 Å². The van der Waals surface area contributed by atoms with Gasteiger partial charge >= 0.3 is 24.0 Å². The summed E-state index contributed by atoms with van der Waals surface area (Å²) in [6, 6.07) is 4.66. The van der Waals surface area contributed by atoms with E-state index in [0.717, 1.165) is 18.2 Å². The van der Waals surface area contributed by atoms with Crippen LogP contribution in [0.5, 0.6) is 0 Å². The first-order chi connectivity index (χ1) is 21.2. The average molecular weight is 682 g/mol. The van der Waals surface area contributed by atoms with Crippen LogP contribution in [0.2, 0.25) is 0 Å². The zero-order chi connectivity index (χ0) is 34.5. The molecule has 0 spiro atoms. The molecule has 15 heteroatoms. The molecule has 0 unspecified atom stereocenters. The number of carbonyl (C=O) groups is 2. The fourth-order valence-electron chi connectivity index (χ4n) is 6.60. The van der Waals surface area contributed by atoms with Gasteiger partial charge in [-0.25, -0.2) is 17.2 Å². The zero-order valence-corrected chi connectivity index (χ0v) is 25.3. The van der Waals surface area contributed by atoms with Gasteiger partial charge in [-0.05, 0) is 74.8 Å². The monoisotopic (exact) mass is 681 g/mol. The fraction of sp³-hybridized carbons (Fsp3) is 0.484. The van der Waals surface area contributed by atoms with Crippen LogP contribution in [0, 0.1) is 24.1 Å². The first-order valence-corrected chi connectivity index (χ1v) is 15.7. The molecule has 1 saturated carbocycles. The van der Waals surface area contributed by atoms with E-state index >= 15 is 0 Å². The largest absolute Gasteiger partial charge is 0.481 e. The quantitative estimate of drug-likeness (QED) is 0.181. The molecule has 0 radical (unpaired) electrons. The maximum Gasteiger partial charge on any atom is 0.435 e. The molecule has 2 fully saturated rings. The number of aryl methyl sites for hydroxylation is 1. The second kappa shape index (κ2) is 11.9. The Labute approximate surface area is 260 Å². The van der Waals surface area contributed by atoms with E-state index in [4.69, 9.17) is 0 Å². The van der Waals surface area contributed by atoms with E-state index in [9.17, 15) is 58.2 Å². The summed E-state index contributed by atoms with van der Waals surface area (Å²) in [4.78, 5) is 26.4. The number of amides is 1. The molecule has 1 N–H and O–H groups in total. The van der Waals surface area contributed by atoms with Crippen molar-refractivity contribution < 1.29 is 58.2 Å². The predicted octanol–water partition coefficient (Wildman–Crippen LogP) is 7.16. The van der Waals surface area contributed by atoms with Gasteiger partial charge < -0.3 is 10.0 Å². The van der Waals surface area contributed by atoms with Crippen LogP contribution in [0.15, 0.2) is 60.0 Å². The number of benzene rings is 2. The van der Waals surface area contributed by atoms with Crippen LogP contribution in [0.25, 0.3) is 0 Å². The van der Waals surface area contributed by atoms with Crippen molar-refractivity contribution in [1.82, 2.24) is 4.90 Å². The lowest BCUT2D eigenvalue weighted by Gasteiger charge is -2.40. The highest BCUT2D eigenvalue weighted by Gasteiger charge is 2.73.